The van der Waals surface area contributed by atoms with Gasteiger partial charge in [-0.3, -0.25) is 4.79 Å². The molecule has 2 fully saturated rings. The van der Waals surface area contributed by atoms with Crippen molar-refractivity contribution in [3.8, 4) is 0 Å². The molecular weight excluding hydrogens is 346 g/mol. The van der Waals surface area contributed by atoms with Crippen LogP contribution < -0.4 is 0 Å². The Bertz CT molecular complexity index is 744. The first-order valence-corrected chi connectivity index (χ1v) is 9.53. The lowest BCUT2D eigenvalue weighted by molar-refractivity contribution is -0.185. The van der Waals surface area contributed by atoms with Crippen molar-refractivity contribution in [1.82, 2.24) is 25.1 Å². The van der Waals surface area contributed by atoms with Crippen LogP contribution in [-0.2, 0) is 16.1 Å². The van der Waals surface area contributed by atoms with Gasteiger partial charge in [-0.1, -0.05) is 30.3 Å². The van der Waals surface area contributed by atoms with Crippen LogP contribution in [0.25, 0.3) is 0 Å². The van der Waals surface area contributed by atoms with Gasteiger partial charge in [0.05, 0.1) is 24.4 Å². The molecule has 2 atom stereocenters. The molecule has 1 aromatic carbocycles. The molecule has 1 spiro atoms. The Morgan fingerprint density at radius 1 is 1.26 bits per heavy atom. The number of tetrazole rings is 1. The average molecular weight is 371 g/mol. The second-order valence-electron chi connectivity index (χ2n) is 7.50. The molecule has 0 saturated carbocycles. The van der Waals surface area contributed by atoms with E-state index in [0.717, 1.165) is 18.4 Å². The highest BCUT2D eigenvalue weighted by atomic mass is 16.5. The molecular formula is C19H25N5O3. The summed E-state index contributed by atoms with van der Waals surface area (Å²) in [5.41, 5.74) is 0.765. The summed E-state index contributed by atoms with van der Waals surface area (Å²) in [6.45, 7) is 1.80. The number of rotatable bonds is 4. The highest BCUT2D eigenvalue weighted by molar-refractivity contribution is 5.76. The zero-order chi connectivity index (χ0) is 18.7. The van der Waals surface area contributed by atoms with Crippen molar-refractivity contribution in [2.24, 2.45) is 0 Å². The van der Waals surface area contributed by atoms with E-state index in [0.29, 0.717) is 38.9 Å². The van der Waals surface area contributed by atoms with E-state index in [1.807, 2.05) is 35.2 Å². The third-order valence-electron chi connectivity index (χ3n) is 5.63. The van der Waals surface area contributed by atoms with Crippen molar-refractivity contribution in [2.45, 2.75) is 56.5 Å². The third-order valence-corrected chi connectivity index (χ3v) is 5.63. The van der Waals surface area contributed by atoms with Crippen LogP contribution in [0.1, 0.15) is 43.8 Å². The SMILES string of the molecule is O=C(CCn1cnnn1)N1CCC2(CC1)C[C@H](O)C[C@H](c1ccccc1)O2. The zero-order valence-corrected chi connectivity index (χ0v) is 15.3. The standard InChI is InChI=1S/C19H25N5O3/c25-16-12-17(15-4-2-1-3-5-15)27-19(13-16)7-10-23(11-8-19)18(26)6-9-24-14-20-21-22-24/h1-5,14,16-17,25H,6-13H2/t16-,17-/m1/s1. The van der Waals surface area contributed by atoms with Gasteiger partial charge in [-0.15, -0.1) is 5.10 Å². The van der Waals surface area contributed by atoms with Crippen LogP contribution in [0, 0.1) is 0 Å². The Morgan fingerprint density at radius 3 is 2.74 bits per heavy atom. The van der Waals surface area contributed by atoms with Gasteiger partial charge in [0.25, 0.3) is 0 Å². The first kappa shape index (κ1) is 18.1. The topological polar surface area (TPSA) is 93.4 Å². The maximum absolute atomic E-state index is 12.5. The molecule has 0 radical (unpaired) electrons. The second kappa shape index (κ2) is 7.74. The minimum atomic E-state index is -0.369. The van der Waals surface area contributed by atoms with E-state index < -0.39 is 0 Å². The molecule has 2 saturated heterocycles. The smallest absolute Gasteiger partial charge is 0.224 e. The molecule has 1 aromatic heterocycles. The molecule has 8 heteroatoms. The van der Waals surface area contributed by atoms with E-state index in [-0.39, 0.29) is 23.7 Å². The van der Waals surface area contributed by atoms with Crippen molar-refractivity contribution in [3.63, 3.8) is 0 Å². The number of nitrogens with zero attached hydrogens (tertiary/aromatic N) is 5. The van der Waals surface area contributed by atoms with Gasteiger partial charge in [-0.2, -0.15) is 0 Å². The Morgan fingerprint density at radius 2 is 2.04 bits per heavy atom. The number of aliphatic hydroxyl groups is 1. The lowest BCUT2D eigenvalue weighted by atomic mass is 9.81. The van der Waals surface area contributed by atoms with Crippen LogP contribution in [-0.4, -0.2) is 60.9 Å². The monoisotopic (exact) mass is 371 g/mol. The molecule has 2 aromatic rings. The number of ether oxygens (including phenoxy) is 1. The summed E-state index contributed by atoms with van der Waals surface area (Å²) in [6, 6.07) is 10.1. The molecule has 2 aliphatic heterocycles. The summed E-state index contributed by atoms with van der Waals surface area (Å²) < 4.78 is 8.05. The Kier molecular flexibility index (Phi) is 5.18. The fraction of sp³-hybridized carbons (Fsp3) is 0.579. The number of carbonyl (C=O) groups excluding carboxylic acids is 1. The van der Waals surface area contributed by atoms with Crippen molar-refractivity contribution < 1.29 is 14.6 Å². The van der Waals surface area contributed by atoms with E-state index in [4.69, 9.17) is 4.74 Å². The predicted molar refractivity (Wildman–Crippen MR) is 96.5 cm³/mol. The number of aryl methyl sites for hydroxylation is 1. The molecule has 1 N–H and O–H groups in total. The summed E-state index contributed by atoms with van der Waals surface area (Å²) in [7, 11) is 0. The van der Waals surface area contributed by atoms with Crippen LogP contribution in [0.3, 0.4) is 0 Å². The van der Waals surface area contributed by atoms with Gasteiger partial charge in [0.2, 0.25) is 5.91 Å². The van der Waals surface area contributed by atoms with Gasteiger partial charge in [0.1, 0.15) is 6.33 Å². The number of piperidine rings is 1. The van der Waals surface area contributed by atoms with Crippen molar-refractivity contribution in [3.05, 3.63) is 42.2 Å². The maximum atomic E-state index is 12.5. The maximum Gasteiger partial charge on any atom is 0.224 e. The Hall–Kier alpha value is -2.32. The minimum Gasteiger partial charge on any atom is -0.393 e. The number of hydrogen-bond acceptors (Lipinski definition) is 6. The first-order chi connectivity index (χ1) is 13.1. The van der Waals surface area contributed by atoms with Gasteiger partial charge in [-0.25, -0.2) is 4.68 Å². The Labute approximate surface area is 158 Å². The van der Waals surface area contributed by atoms with E-state index >= 15 is 0 Å². The van der Waals surface area contributed by atoms with Crippen LogP contribution in [0.4, 0.5) is 0 Å². The molecule has 2 aliphatic rings. The summed E-state index contributed by atoms with van der Waals surface area (Å²) in [4.78, 5) is 14.4. The van der Waals surface area contributed by atoms with Crippen LogP contribution >= 0.6 is 0 Å². The number of hydrogen-bond donors (Lipinski definition) is 1. The third kappa shape index (κ3) is 4.17. The fourth-order valence-electron chi connectivity index (χ4n) is 4.17. The molecule has 0 aliphatic carbocycles. The van der Waals surface area contributed by atoms with Gasteiger partial charge in [-0.05, 0) is 28.8 Å². The molecule has 0 unspecified atom stereocenters. The first-order valence-electron chi connectivity index (χ1n) is 9.53. The van der Waals surface area contributed by atoms with Gasteiger partial charge in [0.15, 0.2) is 0 Å². The fourth-order valence-corrected chi connectivity index (χ4v) is 4.17. The number of aromatic nitrogens is 4. The lowest BCUT2D eigenvalue weighted by Gasteiger charge is -2.48. The van der Waals surface area contributed by atoms with E-state index in [1.165, 1.54) is 6.33 Å². The van der Waals surface area contributed by atoms with Gasteiger partial charge in [0, 0.05) is 32.4 Å². The predicted octanol–water partition coefficient (Wildman–Crippen LogP) is 1.34. The average Bonchev–Trinajstić information content (AvgIpc) is 3.20. The van der Waals surface area contributed by atoms with Crippen LogP contribution in [0.5, 0.6) is 0 Å². The summed E-state index contributed by atoms with van der Waals surface area (Å²) in [5.74, 6) is 0.108. The lowest BCUT2D eigenvalue weighted by Crippen LogP contribution is -2.52. The molecule has 144 valence electrons. The molecule has 3 heterocycles. The number of likely N-dealkylation sites (tertiary alicyclic amines) is 1. The van der Waals surface area contributed by atoms with Crippen molar-refractivity contribution in [2.75, 3.05) is 13.1 Å². The summed E-state index contributed by atoms with van der Waals surface area (Å²) in [6.07, 6.45) is 4.22. The van der Waals surface area contributed by atoms with Gasteiger partial charge < -0.3 is 14.7 Å². The quantitative estimate of drug-likeness (QED) is 0.872. The Balaban J connectivity index is 1.35. The molecule has 0 bridgehead atoms. The van der Waals surface area contributed by atoms with Crippen molar-refractivity contribution >= 4 is 5.91 Å². The molecule has 27 heavy (non-hydrogen) atoms. The number of aliphatic hydroxyl groups excluding tert-OH is 1. The minimum absolute atomic E-state index is 0.0861. The zero-order valence-electron chi connectivity index (χ0n) is 15.3. The molecule has 4 rings (SSSR count). The highest BCUT2D eigenvalue weighted by Gasteiger charge is 2.44. The van der Waals surface area contributed by atoms with Gasteiger partial charge >= 0.3 is 0 Å². The molecule has 8 nitrogen and oxygen atoms in total. The normalized spacial score (nSPS) is 24.9. The highest BCUT2D eigenvalue weighted by Crippen LogP contribution is 2.42. The number of benzene rings is 1. The largest absolute Gasteiger partial charge is 0.393 e. The van der Waals surface area contributed by atoms with Crippen LogP contribution in [0.15, 0.2) is 36.7 Å². The molecule has 1 amide bonds. The number of carbonyl (C=O) groups is 1. The summed E-state index contributed by atoms with van der Waals surface area (Å²) in [5, 5.41) is 21.4. The van der Waals surface area contributed by atoms with E-state index in [1.54, 1.807) is 4.68 Å². The van der Waals surface area contributed by atoms with Crippen molar-refractivity contribution in [1.29, 1.82) is 0 Å². The van der Waals surface area contributed by atoms with Crippen LogP contribution in [0.2, 0.25) is 0 Å². The van der Waals surface area contributed by atoms with E-state index in [2.05, 4.69) is 15.5 Å². The second-order valence-corrected chi connectivity index (χ2v) is 7.50. The number of amides is 1. The van der Waals surface area contributed by atoms with E-state index in [9.17, 15) is 9.90 Å². The summed E-state index contributed by atoms with van der Waals surface area (Å²) >= 11 is 0.